The normalized spacial score (nSPS) is 12.9. The van der Waals surface area contributed by atoms with E-state index in [9.17, 15) is 13.2 Å². The van der Waals surface area contributed by atoms with Crippen molar-refractivity contribution >= 4 is 15.7 Å². The number of nitrogens with zero attached hydrogens (tertiary/aromatic N) is 2. The Labute approximate surface area is 128 Å². The van der Waals surface area contributed by atoms with Gasteiger partial charge in [-0.15, -0.1) is 0 Å². The summed E-state index contributed by atoms with van der Waals surface area (Å²) in [7, 11) is -2.32. The highest BCUT2D eigenvalue weighted by Crippen LogP contribution is 2.18. The summed E-state index contributed by atoms with van der Waals surface area (Å²) in [6.07, 6.45) is 0. The quantitative estimate of drug-likeness (QED) is 0.884. The highest BCUT2D eigenvalue weighted by atomic mass is 32.2. The third-order valence-corrected chi connectivity index (χ3v) is 5.20. The smallest absolute Gasteiger partial charge is 0.242 e. The minimum Gasteiger partial charge on any atom is -0.358 e. The van der Waals surface area contributed by atoms with E-state index in [1.807, 2.05) is 31.2 Å². The van der Waals surface area contributed by atoms with E-state index in [0.717, 1.165) is 11.1 Å². The number of rotatable bonds is 5. The standard InChI is InChI=1S/C14H17N3O4S/c1-9-4-6-11(7-5-9)13-16-12(21-17-13)8-22(19,20)10(2)14(18)15-3/h4-7,10H,8H2,1-3H3,(H,15,18)/t10-/m1/s1. The molecule has 0 saturated carbocycles. The number of benzene rings is 1. The number of amides is 1. The van der Waals surface area contributed by atoms with Crippen molar-refractivity contribution in [3.05, 3.63) is 35.7 Å². The van der Waals surface area contributed by atoms with Crippen molar-refractivity contribution in [3.63, 3.8) is 0 Å². The summed E-state index contributed by atoms with van der Waals surface area (Å²) in [4.78, 5) is 15.5. The van der Waals surface area contributed by atoms with Crippen LogP contribution in [-0.2, 0) is 20.4 Å². The van der Waals surface area contributed by atoms with Crippen LogP contribution in [0.2, 0.25) is 0 Å². The largest absolute Gasteiger partial charge is 0.358 e. The predicted octanol–water partition coefficient (Wildman–Crippen LogP) is 1.09. The van der Waals surface area contributed by atoms with Crippen LogP contribution in [0.4, 0.5) is 0 Å². The molecular formula is C14H17N3O4S. The van der Waals surface area contributed by atoms with Crippen LogP contribution in [0.1, 0.15) is 18.4 Å². The van der Waals surface area contributed by atoms with Crippen LogP contribution in [0.25, 0.3) is 11.4 Å². The Morgan fingerprint density at radius 3 is 2.55 bits per heavy atom. The van der Waals surface area contributed by atoms with Gasteiger partial charge in [0.05, 0.1) is 0 Å². The Bertz CT molecular complexity index is 766. The highest BCUT2D eigenvalue weighted by molar-refractivity contribution is 7.92. The monoisotopic (exact) mass is 323 g/mol. The number of carbonyl (C=O) groups is 1. The molecule has 0 spiro atoms. The summed E-state index contributed by atoms with van der Waals surface area (Å²) in [5.41, 5.74) is 1.83. The lowest BCUT2D eigenvalue weighted by molar-refractivity contribution is -0.119. The van der Waals surface area contributed by atoms with Gasteiger partial charge in [-0.2, -0.15) is 4.98 Å². The van der Waals surface area contributed by atoms with E-state index in [0.29, 0.717) is 5.82 Å². The molecule has 1 amide bonds. The third kappa shape index (κ3) is 3.51. The molecule has 7 nitrogen and oxygen atoms in total. The maximum absolute atomic E-state index is 12.1. The van der Waals surface area contributed by atoms with Crippen LogP contribution in [0.3, 0.4) is 0 Å². The first kappa shape index (κ1) is 16.2. The van der Waals surface area contributed by atoms with Gasteiger partial charge < -0.3 is 9.84 Å². The molecule has 0 aliphatic carbocycles. The summed E-state index contributed by atoms with van der Waals surface area (Å²) in [5, 5.41) is 4.91. The van der Waals surface area contributed by atoms with Gasteiger partial charge in [-0.1, -0.05) is 35.0 Å². The lowest BCUT2D eigenvalue weighted by atomic mass is 10.1. The van der Waals surface area contributed by atoms with Crippen LogP contribution in [0.15, 0.2) is 28.8 Å². The summed E-state index contributed by atoms with van der Waals surface area (Å²) >= 11 is 0. The molecule has 1 aromatic heterocycles. The molecule has 0 saturated heterocycles. The fourth-order valence-electron chi connectivity index (χ4n) is 1.80. The molecule has 8 heteroatoms. The highest BCUT2D eigenvalue weighted by Gasteiger charge is 2.29. The lowest BCUT2D eigenvalue weighted by Gasteiger charge is -2.09. The molecule has 2 rings (SSSR count). The van der Waals surface area contributed by atoms with Gasteiger partial charge in [-0.3, -0.25) is 4.79 Å². The van der Waals surface area contributed by atoms with Gasteiger partial charge in [0.2, 0.25) is 17.6 Å². The predicted molar refractivity (Wildman–Crippen MR) is 80.6 cm³/mol. The van der Waals surface area contributed by atoms with E-state index in [4.69, 9.17) is 4.52 Å². The molecule has 1 N–H and O–H groups in total. The molecule has 0 aliphatic heterocycles. The van der Waals surface area contributed by atoms with Gasteiger partial charge >= 0.3 is 0 Å². The maximum Gasteiger partial charge on any atom is 0.242 e. The van der Waals surface area contributed by atoms with Crippen molar-refractivity contribution < 1.29 is 17.7 Å². The second-order valence-corrected chi connectivity index (χ2v) is 7.26. The topological polar surface area (TPSA) is 102 Å². The van der Waals surface area contributed by atoms with Gasteiger partial charge in [0, 0.05) is 12.6 Å². The Hall–Kier alpha value is -2.22. The van der Waals surface area contributed by atoms with E-state index < -0.39 is 26.7 Å². The zero-order valence-corrected chi connectivity index (χ0v) is 13.3. The van der Waals surface area contributed by atoms with Crippen molar-refractivity contribution in [1.29, 1.82) is 0 Å². The molecule has 2 aromatic rings. The van der Waals surface area contributed by atoms with E-state index in [1.54, 1.807) is 0 Å². The Balaban J connectivity index is 2.18. The van der Waals surface area contributed by atoms with Gasteiger partial charge in [-0.25, -0.2) is 8.42 Å². The summed E-state index contributed by atoms with van der Waals surface area (Å²) in [5.74, 6) is -0.761. The zero-order valence-electron chi connectivity index (χ0n) is 12.5. The molecular weight excluding hydrogens is 306 g/mol. The van der Waals surface area contributed by atoms with Crippen LogP contribution in [0.5, 0.6) is 0 Å². The second kappa shape index (κ2) is 6.27. The third-order valence-electron chi connectivity index (χ3n) is 3.26. The average Bonchev–Trinajstić information content (AvgIpc) is 2.94. The van der Waals surface area contributed by atoms with Crippen molar-refractivity contribution in [2.75, 3.05) is 7.05 Å². The minimum atomic E-state index is -3.71. The summed E-state index contributed by atoms with van der Waals surface area (Å²) in [6.45, 7) is 3.28. The van der Waals surface area contributed by atoms with Crippen LogP contribution in [-0.4, -0.2) is 36.8 Å². The van der Waals surface area contributed by atoms with Crippen molar-refractivity contribution in [3.8, 4) is 11.4 Å². The number of hydrogen-bond donors (Lipinski definition) is 1. The number of nitrogens with one attached hydrogen (secondary N) is 1. The molecule has 118 valence electrons. The molecule has 1 atom stereocenters. The molecule has 1 aromatic carbocycles. The fraction of sp³-hybridized carbons (Fsp3) is 0.357. The van der Waals surface area contributed by atoms with Gasteiger partial charge in [0.1, 0.15) is 11.0 Å². The van der Waals surface area contributed by atoms with Crippen LogP contribution >= 0.6 is 0 Å². The first-order chi connectivity index (χ1) is 10.3. The number of hydrogen-bond acceptors (Lipinski definition) is 6. The lowest BCUT2D eigenvalue weighted by Crippen LogP contribution is -2.36. The van der Waals surface area contributed by atoms with Gasteiger partial charge in [0.15, 0.2) is 9.84 Å². The second-order valence-electron chi connectivity index (χ2n) is 4.94. The number of sulfone groups is 1. The SMILES string of the molecule is CNC(=O)[C@@H](C)S(=O)(=O)Cc1nc(-c2ccc(C)cc2)no1. The summed E-state index contributed by atoms with van der Waals surface area (Å²) < 4.78 is 29.2. The number of aromatic nitrogens is 2. The van der Waals surface area contributed by atoms with Crippen LogP contribution < -0.4 is 5.32 Å². The maximum atomic E-state index is 12.1. The molecule has 0 aliphatic rings. The molecule has 1 heterocycles. The van der Waals surface area contributed by atoms with Crippen molar-refractivity contribution in [1.82, 2.24) is 15.5 Å². The minimum absolute atomic E-state index is 0.0358. The molecule has 0 unspecified atom stereocenters. The van der Waals surface area contributed by atoms with Crippen molar-refractivity contribution in [2.24, 2.45) is 0 Å². The molecule has 0 fully saturated rings. The molecule has 0 radical (unpaired) electrons. The van der Waals surface area contributed by atoms with E-state index in [1.165, 1.54) is 14.0 Å². The Morgan fingerprint density at radius 2 is 1.95 bits per heavy atom. The first-order valence-electron chi connectivity index (χ1n) is 6.66. The molecule has 22 heavy (non-hydrogen) atoms. The van der Waals surface area contributed by atoms with Gasteiger partial charge in [0.25, 0.3) is 0 Å². The summed E-state index contributed by atoms with van der Waals surface area (Å²) in [6, 6.07) is 7.45. The fourth-order valence-corrected chi connectivity index (χ4v) is 2.95. The Kier molecular flexibility index (Phi) is 4.60. The van der Waals surface area contributed by atoms with E-state index in [2.05, 4.69) is 15.5 Å². The Morgan fingerprint density at radius 1 is 1.32 bits per heavy atom. The molecule has 0 bridgehead atoms. The zero-order chi connectivity index (χ0) is 16.3. The van der Waals surface area contributed by atoms with E-state index >= 15 is 0 Å². The first-order valence-corrected chi connectivity index (χ1v) is 8.38. The number of carbonyl (C=O) groups excluding carboxylic acids is 1. The number of aryl methyl sites for hydroxylation is 1. The van der Waals surface area contributed by atoms with Crippen molar-refractivity contribution in [2.45, 2.75) is 24.9 Å². The van der Waals surface area contributed by atoms with Crippen LogP contribution in [0, 0.1) is 6.92 Å². The van der Waals surface area contributed by atoms with Gasteiger partial charge in [-0.05, 0) is 13.8 Å². The average molecular weight is 323 g/mol. The van der Waals surface area contributed by atoms with E-state index in [-0.39, 0.29) is 5.89 Å².